The van der Waals surface area contributed by atoms with Crippen LogP contribution in [0.1, 0.15) is 42.5 Å². The molecule has 57 heavy (non-hydrogen) atoms. The molecule has 0 atom stereocenters. The number of fused-ring (bicyclic) bond motifs is 9. The first kappa shape index (κ1) is 13.8. The van der Waals surface area contributed by atoms with E-state index in [1.165, 1.54) is 24.3 Å². The molecule has 0 amide bonds. The van der Waals surface area contributed by atoms with Crippen LogP contribution in [0, 0.1) is 0 Å². The highest BCUT2D eigenvalue weighted by molar-refractivity contribution is 6.18. The molecule has 0 aliphatic carbocycles. The first-order valence-electron chi connectivity index (χ1n) is 32.6. The normalized spacial score (nSPS) is 19.5. The van der Waals surface area contributed by atoms with Crippen molar-refractivity contribution in [2.24, 2.45) is 0 Å². The van der Waals surface area contributed by atoms with Crippen LogP contribution in [0.15, 0.2) is 212 Å². The second-order valence-electron chi connectivity index (χ2n) is 12.6. The van der Waals surface area contributed by atoms with E-state index >= 15 is 0 Å². The molecule has 12 aromatic rings. The summed E-state index contributed by atoms with van der Waals surface area (Å²) in [6.45, 7) is 0. The van der Waals surface area contributed by atoms with Crippen molar-refractivity contribution in [3.63, 3.8) is 0 Å². The highest BCUT2D eigenvalue weighted by Gasteiger charge is 2.23. The van der Waals surface area contributed by atoms with Gasteiger partial charge >= 0.3 is 0 Å². The van der Waals surface area contributed by atoms with Gasteiger partial charge in [-0.15, -0.1) is 0 Å². The zero-order chi connectivity index (χ0) is 64.4. The van der Waals surface area contributed by atoms with Crippen molar-refractivity contribution in [2.45, 2.75) is 0 Å². The molecular formula is C54H35N3. The molecule has 0 saturated heterocycles. The minimum Gasteiger partial charge on any atom is -0.309 e. The van der Waals surface area contributed by atoms with Gasteiger partial charge in [-0.05, 0) is 82.7 Å². The van der Waals surface area contributed by atoms with Gasteiger partial charge in [0.05, 0.1) is 87.0 Å². The van der Waals surface area contributed by atoms with E-state index in [4.69, 9.17) is 24.7 Å². The maximum Gasteiger partial charge on any atom is 0.0782 e. The van der Waals surface area contributed by atoms with Crippen LogP contribution in [0.3, 0.4) is 0 Å². The van der Waals surface area contributed by atoms with Crippen LogP contribution in [-0.4, -0.2) is 13.7 Å². The Labute approximate surface area is 373 Å². The molecule has 0 N–H and O–H groups in total. The van der Waals surface area contributed by atoms with Crippen molar-refractivity contribution >= 4 is 65.4 Å². The van der Waals surface area contributed by atoms with Gasteiger partial charge in [-0.1, -0.05) is 151 Å². The zero-order valence-electron chi connectivity index (χ0n) is 59.7. The molecule has 0 aliphatic heterocycles. The quantitative estimate of drug-likeness (QED) is 0.166. The van der Waals surface area contributed by atoms with Crippen molar-refractivity contribution in [1.82, 2.24) is 13.7 Å². The Morgan fingerprint density at radius 2 is 0.825 bits per heavy atom. The molecule has 3 aromatic heterocycles. The number of nitrogens with zero attached hydrogens (tertiary/aromatic N) is 3. The molecule has 0 unspecified atom stereocenters. The number of para-hydroxylation sites is 5. The molecule has 0 saturated carbocycles. The van der Waals surface area contributed by atoms with E-state index in [-0.39, 0.29) is 11.3 Å². The second-order valence-corrected chi connectivity index (χ2v) is 12.6. The molecule has 0 spiro atoms. The van der Waals surface area contributed by atoms with Crippen molar-refractivity contribution in [3.8, 4) is 39.3 Å². The summed E-state index contributed by atoms with van der Waals surface area (Å²) in [5.41, 5.74) is -7.36. The highest BCUT2D eigenvalue weighted by atomic mass is 15.1. The third kappa shape index (κ3) is 4.73. The SMILES string of the molecule is [2H]c1c([2H])c([2H])c(-c2c([2H])c([2H])c([2H])c(-c3cccc(-n4c5c([2H])c([2H])c([2H])c([2H])c5c5c(-n6c7c([2H])c([2H])c([2H])c([2H])c7c7c([2H])c([2H])c([2H])c(-n8c9c([2H])c([2H])c([2H])c([2H])c9c9c([2H])c([2H])c([2H])c([2H])c98)c76)c([2H])c([2H])c([2H])c54)c3)c2[2H])c([2H])c1[2H]. The average Bonchev–Trinajstić information content (AvgIpc) is 1.60. The van der Waals surface area contributed by atoms with E-state index in [0.29, 0.717) is 0 Å². The Hall–Kier alpha value is -7.62. The maximum absolute atomic E-state index is 9.95. The number of aromatic nitrogens is 3. The minimum absolute atomic E-state index is 0.164. The van der Waals surface area contributed by atoms with Crippen molar-refractivity contribution < 1.29 is 42.5 Å². The lowest BCUT2D eigenvalue weighted by Gasteiger charge is -2.16. The Balaban J connectivity index is 1.33. The Morgan fingerprint density at radius 3 is 1.54 bits per heavy atom. The van der Waals surface area contributed by atoms with Gasteiger partial charge in [-0.25, -0.2) is 0 Å². The largest absolute Gasteiger partial charge is 0.309 e. The molecule has 3 nitrogen and oxygen atoms in total. The molecule has 0 bridgehead atoms. The topological polar surface area (TPSA) is 14.8 Å². The molecule has 266 valence electrons. The van der Waals surface area contributed by atoms with E-state index in [1.807, 2.05) is 0 Å². The standard InChI is InChI=1S/C54H35N3/c1-2-16-36(17-3-1)37-18-12-19-38(34-37)39-20-13-21-40(35-39)55-49-30-11-7-25-45(49)53-50(55)31-15-32-51(53)57-48-29-10-6-24-43(48)44-26-14-33-52(54(44)57)56-46-27-8-4-22-41(46)42-23-5-9-28-47(42)56/h1-35H/i1D,2D,3D,4D,5D,6D,7D,8D,9D,10D,11D,12D,14D,15D,16D,17D,18D,19D,22D,23D,24D,25D,26D,27D,28D,29D,30D,31D,32D,33D,34D. The first-order valence-corrected chi connectivity index (χ1v) is 17.1. The van der Waals surface area contributed by atoms with E-state index in [9.17, 15) is 17.8 Å². The molecular weight excluding hydrogens is 691 g/mol. The van der Waals surface area contributed by atoms with Crippen LogP contribution in [0.4, 0.5) is 0 Å². The van der Waals surface area contributed by atoms with E-state index in [1.54, 1.807) is 0 Å². The Kier molecular flexibility index (Phi) is 3.02. The molecule has 9 aromatic carbocycles. The summed E-state index contributed by atoms with van der Waals surface area (Å²) in [5.74, 6) is 0. The third-order valence-electron chi connectivity index (χ3n) is 9.64. The summed E-state index contributed by atoms with van der Waals surface area (Å²) in [4.78, 5) is 0. The fourth-order valence-electron chi connectivity index (χ4n) is 7.36. The summed E-state index contributed by atoms with van der Waals surface area (Å²) in [5, 5.41) is -3.40. The minimum atomic E-state index is -1.03. The predicted octanol–water partition coefficient (Wildman–Crippen LogP) is 14.3. The van der Waals surface area contributed by atoms with Crippen LogP contribution < -0.4 is 0 Å². The van der Waals surface area contributed by atoms with Crippen LogP contribution >= 0.6 is 0 Å². The number of hydrogen-bond acceptors (Lipinski definition) is 0. The van der Waals surface area contributed by atoms with Crippen LogP contribution in [0.2, 0.25) is 0 Å². The molecule has 3 heteroatoms. The van der Waals surface area contributed by atoms with E-state index < -0.39 is 281 Å². The lowest BCUT2D eigenvalue weighted by Crippen LogP contribution is -2.01. The van der Waals surface area contributed by atoms with Crippen LogP contribution in [0.25, 0.3) is 105 Å². The lowest BCUT2D eigenvalue weighted by atomic mass is 9.99. The van der Waals surface area contributed by atoms with Crippen LogP contribution in [0.5, 0.6) is 0 Å². The van der Waals surface area contributed by atoms with Gasteiger partial charge < -0.3 is 13.7 Å². The third-order valence-corrected chi connectivity index (χ3v) is 9.64. The van der Waals surface area contributed by atoms with Gasteiger partial charge in [0.15, 0.2) is 0 Å². The Morgan fingerprint density at radius 1 is 0.333 bits per heavy atom. The lowest BCUT2D eigenvalue weighted by molar-refractivity contribution is 1.14. The van der Waals surface area contributed by atoms with E-state index in [2.05, 4.69) is 0 Å². The monoisotopic (exact) mass is 756 g/mol. The van der Waals surface area contributed by atoms with Gasteiger partial charge in [0.1, 0.15) is 0 Å². The average molecular weight is 757 g/mol. The molecule has 3 heterocycles. The zero-order valence-corrected chi connectivity index (χ0v) is 28.7. The number of hydrogen-bond donors (Lipinski definition) is 0. The molecule has 12 rings (SSSR count). The Bertz CT molecular complexity index is 5240. The summed E-state index contributed by atoms with van der Waals surface area (Å²) in [7, 11) is 0. The summed E-state index contributed by atoms with van der Waals surface area (Å²) in [6, 6.07) is -22.4. The number of rotatable bonds is 5. The number of benzene rings is 9. The van der Waals surface area contributed by atoms with Crippen LogP contribution in [-0.2, 0) is 0 Å². The first-order chi connectivity index (χ1) is 41.2. The predicted molar refractivity (Wildman–Crippen MR) is 240 cm³/mol. The van der Waals surface area contributed by atoms with E-state index in [0.717, 1.165) is 13.7 Å². The summed E-state index contributed by atoms with van der Waals surface area (Å²) < 4.78 is 285. The van der Waals surface area contributed by atoms with Crippen molar-refractivity contribution in [2.75, 3.05) is 0 Å². The fourth-order valence-corrected chi connectivity index (χ4v) is 7.36. The summed E-state index contributed by atoms with van der Waals surface area (Å²) in [6.07, 6.45) is 0. The van der Waals surface area contributed by atoms with Crippen molar-refractivity contribution in [3.05, 3.63) is 212 Å². The van der Waals surface area contributed by atoms with Gasteiger partial charge in [-0.2, -0.15) is 0 Å². The maximum atomic E-state index is 9.95. The summed E-state index contributed by atoms with van der Waals surface area (Å²) >= 11 is 0. The smallest absolute Gasteiger partial charge is 0.0782 e. The van der Waals surface area contributed by atoms with Crippen molar-refractivity contribution in [1.29, 1.82) is 0 Å². The second kappa shape index (κ2) is 12.5. The molecule has 0 fully saturated rings. The van der Waals surface area contributed by atoms with Gasteiger partial charge in [0.2, 0.25) is 0 Å². The van der Waals surface area contributed by atoms with Gasteiger partial charge in [0, 0.05) is 38.0 Å². The van der Waals surface area contributed by atoms with Gasteiger partial charge in [-0.3, -0.25) is 0 Å². The van der Waals surface area contributed by atoms with Gasteiger partial charge in [0.25, 0.3) is 0 Å². The fraction of sp³-hybridized carbons (Fsp3) is 0. The highest BCUT2D eigenvalue weighted by Crippen LogP contribution is 2.43. The molecule has 0 radical (unpaired) electrons. The molecule has 0 aliphatic rings.